The largest absolute Gasteiger partial charge is 0.356 e. The van der Waals surface area contributed by atoms with Gasteiger partial charge < -0.3 is 4.98 Å². The lowest BCUT2D eigenvalue weighted by Crippen LogP contribution is -2.07. The zero-order chi connectivity index (χ0) is 6.69. The van der Waals surface area contributed by atoms with E-state index in [2.05, 4.69) is 17.1 Å². The highest BCUT2D eigenvalue weighted by Gasteiger charge is 1.76. The van der Waals surface area contributed by atoms with Crippen molar-refractivity contribution in [3.05, 3.63) is 22.8 Å². The predicted molar refractivity (Wildman–Crippen MR) is 40.3 cm³/mol. The Hall–Kier alpha value is -0.980. The van der Waals surface area contributed by atoms with Gasteiger partial charge in [-0.25, -0.2) is 0 Å². The number of nitrogens with one attached hydrogen (secondary N) is 1. The molecule has 0 fully saturated rings. The third-order valence-electron chi connectivity index (χ3n) is 1.35. The van der Waals surface area contributed by atoms with Crippen LogP contribution in [0.1, 0.15) is 13.8 Å². The van der Waals surface area contributed by atoms with E-state index in [1.807, 2.05) is 26.0 Å². The van der Waals surface area contributed by atoms with Crippen molar-refractivity contribution >= 4 is 12.2 Å². The maximum atomic E-state index is 3.20. The zero-order valence-corrected chi connectivity index (χ0v) is 5.81. The molecule has 1 nitrogen and oxygen atoms in total. The number of aromatic amines is 1. The fourth-order valence-electron chi connectivity index (χ4n) is 0.766. The van der Waals surface area contributed by atoms with E-state index in [-0.39, 0.29) is 0 Å². The van der Waals surface area contributed by atoms with Gasteiger partial charge in [-0.3, -0.25) is 0 Å². The first-order valence-corrected chi connectivity index (χ1v) is 3.14. The molecule has 0 amide bonds. The number of hydrogen-bond donors (Lipinski definition) is 1. The van der Waals surface area contributed by atoms with Gasteiger partial charge in [0.25, 0.3) is 0 Å². The van der Waals surface area contributed by atoms with Crippen LogP contribution in [0.2, 0.25) is 0 Å². The van der Waals surface area contributed by atoms with Gasteiger partial charge in [-0.2, -0.15) is 0 Å². The Morgan fingerprint density at radius 1 is 1.11 bits per heavy atom. The van der Waals surface area contributed by atoms with Crippen molar-refractivity contribution in [1.82, 2.24) is 4.98 Å². The molecule has 0 aliphatic carbocycles. The molecule has 0 aliphatic rings. The lowest BCUT2D eigenvalue weighted by Gasteiger charge is -1.70. The molecule has 1 heterocycles. The average Bonchev–Trinajstić information content (AvgIpc) is 2.34. The zero-order valence-electron chi connectivity index (χ0n) is 5.81. The highest BCUT2D eigenvalue weighted by molar-refractivity contribution is 5.20. The summed E-state index contributed by atoms with van der Waals surface area (Å²) in [4.78, 5) is 3.20. The van der Waals surface area contributed by atoms with Gasteiger partial charge in [0, 0.05) is 10.7 Å². The molecule has 0 spiro atoms. The normalized spacial score (nSPS) is 14.9. The molecule has 0 saturated heterocycles. The van der Waals surface area contributed by atoms with Crippen LogP contribution in [0.15, 0.2) is 12.1 Å². The predicted octanol–water partition coefficient (Wildman–Crippen LogP) is 0.615. The molecular formula is C8H11N. The summed E-state index contributed by atoms with van der Waals surface area (Å²) in [6, 6.07) is 4.13. The number of hydrogen-bond acceptors (Lipinski definition) is 0. The van der Waals surface area contributed by atoms with E-state index in [4.69, 9.17) is 0 Å². The first-order valence-electron chi connectivity index (χ1n) is 3.14. The van der Waals surface area contributed by atoms with Crippen molar-refractivity contribution in [2.75, 3.05) is 0 Å². The highest BCUT2D eigenvalue weighted by atomic mass is 14.7. The summed E-state index contributed by atoms with van der Waals surface area (Å²) >= 11 is 0. The fraction of sp³-hybridized carbons (Fsp3) is 0.250. The third-order valence-corrected chi connectivity index (χ3v) is 1.35. The molecule has 0 radical (unpaired) electrons. The van der Waals surface area contributed by atoms with Crippen LogP contribution in [0.25, 0.3) is 12.2 Å². The number of H-pyrrole nitrogens is 1. The Morgan fingerprint density at radius 3 is 1.78 bits per heavy atom. The first kappa shape index (κ1) is 6.14. The molecule has 1 aromatic heterocycles. The molecule has 0 saturated carbocycles. The maximum Gasteiger partial charge on any atom is 0.0341 e. The van der Waals surface area contributed by atoms with Gasteiger partial charge in [-0.1, -0.05) is 12.2 Å². The lowest BCUT2D eigenvalue weighted by molar-refractivity contribution is 1.26. The smallest absolute Gasteiger partial charge is 0.0341 e. The summed E-state index contributed by atoms with van der Waals surface area (Å²) < 4.78 is 0. The molecule has 1 rings (SSSR count). The second-order valence-electron chi connectivity index (χ2n) is 1.95. The van der Waals surface area contributed by atoms with Crippen LogP contribution in [0.4, 0.5) is 0 Å². The topological polar surface area (TPSA) is 15.8 Å². The van der Waals surface area contributed by atoms with E-state index >= 15 is 0 Å². The molecule has 0 unspecified atom stereocenters. The summed E-state index contributed by atoms with van der Waals surface area (Å²) in [6.45, 7) is 4.04. The van der Waals surface area contributed by atoms with Crippen LogP contribution in [0.3, 0.4) is 0 Å². The minimum absolute atomic E-state index is 1.18. The molecule has 9 heavy (non-hydrogen) atoms. The molecule has 1 heteroatoms. The maximum absolute atomic E-state index is 3.20. The minimum atomic E-state index is 1.18. The molecule has 0 bridgehead atoms. The second kappa shape index (κ2) is 2.53. The van der Waals surface area contributed by atoms with Gasteiger partial charge in [0.05, 0.1) is 0 Å². The van der Waals surface area contributed by atoms with E-state index in [0.29, 0.717) is 0 Å². The Kier molecular flexibility index (Phi) is 1.73. The van der Waals surface area contributed by atoms with Gasteiger partial charge >= 0.3 is 0 Å². The van der Waals surface area contributed by atoms with Crippen molar-refractivity contribution in [2.24, 2.45) is 0 Å². The Balaban J connectivity index is 3.33. The van der Waals surface area contributed by atoms with Crippen LogP contribution < -0.4 is 10.7 Å². The SMILES string of the molecule is CC=c1ccc(=CC)[nH]1. The summed E-state index contributed by atoms with van der Waals surface area (Å²) in [5.41, 5.74) is 0. The van der Waals surface area contributed by atoms with Crippen molar-refractivity contribution in [1.29, 1.82) is 0 Å². The van der Waals surface area contributed by atoms with Crippen molar-refractivity contribution < 1.29 is 0 Å². The Morgan fingerprint density at radius 2 is 1.56 bits per heavy atom. The third kappa shape index (κ3) is 1.22. The van der Waals surface area contributed by atoms with E-state index in [9.17, 15) is 0 Å². The van der Waals surface area contributed by atoms with E-state index in [1.165, 1.54) is 10.7 Å². The van der Waals surface area contributed by atoms with Crippen molar-refractivity contribution in [3.63, 3.8) is 0 Å². The summed E-state index contributed by atoms with van der Waals surface area (Å²) in [5.74, 6) is 0. The summed E-state index contributed by atoms with van der Waals surface area (Å²) in [6.07, 6.45) is 4.10. The van der Waals surface area contributed by atoms with Crippen LogP contribution >= 0.6 is 0 Å². The van der Waals surface area contributed by atoms with Crippen LogP contribution in [0.5, 0.6) is 0 Å². The van der Waals surface area contributed by atoms with Gasteiger partial charge in [-0.15, -0.1) is 0 Å². The van der Waals surface area contributed by atoms with Crippen LogP contribution in [-0.4, -0.2) is 4.98 Å². The Bertz CT molecular complexity index is 251. The van der Waals surface area contributed by atoms with Crippen LogP contribution in [-0.2, 0) is 0 Å². The molecule has 0 aromatic carbocycles. The summed E-state index contributed by atoms with van der Waals surface area (Å²) in [5, 5.41) is 2.37. The quantitative estimate of drug-likeness (QED) is 0.518. The number of aromatic nitrogens is 1. The van der Waals surface area contributed by atoms with E-state index < -0.39 is 0 Å². The lowest BCUT2D eigenvalue weighted by atomic mass is 10.5. The Labute approximate surface area is 54.7 Å². The fourth-order valence-corrected chi connectivity index (χ4v) is 0.766. The molecular weight excluding hydrogens is 110 g/mol. The summed E-state index contributed by atoms with van der Waals surface area (Å²) in [7, 11) is 0. The van der Waals surface area contributed by atoms with Crippen molar-refractivity contribution in [3.8, 4) is 0 Å². The van der Waals surface area contributed by atoms with Crippen LogP contribution in [0, 0.1) is 0 Å². The van der Waals surface area contributed by atoms with Gasteiger partial charge in [0.15, 0.2) is 0 Å². The molecule has 1 N–H and O–H groups in total. The monoisotopic (exact) mass is 121 g/mol. The van der Waals surface area contributed by atoms with Gasteiger partial charge in [0.1, 0.15) is 0 Å². The highest BCUT2D eigenvalue weighted by Crippen LogP contribution is 1.63. The average molecular weight is 121 g/mol. The van der Waals surface area contributed by atoms with Gasteiger partial charge in [-0.05, 0) is 26.0 Å². The molecule has 1 aromatic rings. The molecule has 0 atom stereocenters. The standard InChI is InChI=1S/C8H11N/c1-3-7-5-6-8(4-2)9-7/h3-6,9H,1-2H3. The molecule has 0 aliphatic heterocycles. The number of rotatable bonds is 0. The van der Waals surface area contributed by atoms with Gasteiger partial charge in [0.2, 0.25) is 0 Å². The molecule has 48 valence electrons. The van der Waals surface area contributed by atoms with E-state index in [1.54, 1.807) is 0 Å². The second-order valence-corrected chi connectivity index (χ2v) is 1.95. The van der Waals surface area contributed by atoms with Crippen molar-refractivity contribution in [2.45, 2.75) is 13.8 Å². The van der Waals surface area contributed by atoms with E-state index in [0.717, 1.165) is 0 Å². The first-order chi connectivity index (χ1) is 4.36. The minimum Gasteiger partial charge on any atom is -0.356 e.